The molecule has 1 fully saturated rings. The molecule has 1 heterocycles. The molecule has 5 nitrogen and oxygen atoms in total. The molecule has 1 aliphatic rings. The van der Waals surface area contributed by atoms with Crippen LogP contribution in [0.15, 0.2) is 0 Å². The fraction of sp³-hybridized carbons (Fsp3) is 0.818. The predicted molar refractivity (Wildman–Crippen MR) is 75.8 cm³/mol. The molecule has 18 heavy (non-hydrogen) atoms. The summed E-state index contributed by atoms with van der Waals surface area (Å²) in [5.41, 5.74) is 0. The van der Waals surface area contributed by atoms with Gasteiger partial charge in [0.25, 0.3) is 0 Å². The second-order valence-electron chi connectivity index (χ2n) is 4.06. The van der Waals surface area contributed by atoms with Crippen LogP contribution in [0.3, 0.4) is 0 Å². The van der Waals surface area contributed by atoms with Gasteiger partial charge in [-0.1, -0.05) is 0 Å². The third-order valence-corrected chi connectivity index (χ3v) is 4.48. The number of methoxy groups -OCH3 is 1. The van der Waals surface area contributed by atoms with Crippen molar-refractivity contribution in [1.82, 2.24) is 10.6 Å². The zero-order chi connectivity index (χ0) is 13.5. The number of ether oxygens (including phenoxy) is 1. The molecule has 0 aromatic rings. The fourth-order valence-corrected chi connectivity index (χ4v) is 3.13. The van der Waals surface area contributed by atoms with Gasteiger partial charge in [0.1, 0.15) is 6.04 Å². The Morgan fingerprint density at radius 1 is 1.61 bits per heavy atom. The zero-order valence-corrected chi connectivity index (χ0v) is 12.5. The summed E-state index contributed by atoms with van der Waals surface area (Å²) in [6, 6.07) is -0.760. The van der Waals surface area contributed by atoms with E-state index >= 15 is 0 Å². The molecule has 1 rings (SSSR count). The van der Waals surface area contributed by atoms with E-state index in [2.05, 4.69) is 10.6 Å². The van der Waals surface area contributed by atoms with E-state index in [1.807, 2.05) is 13.2 Å². The molecule has 0 spiro atoms. The Morgan fingerprint density at radius 3 is 2.83 bits per heavy atom. The summed E-state index contributed by atoms with van der Waals surface area (Å²) in [6.45, 7) is 2.02. The van der Waals surface area contributed by atoms with E-state index < -0.39 is 6.04 Å². The highest BCUT2D eigenvalue weighted by molar-refractivity contribution is 8.00. The summed E-state index contributed by atoms with van der Waals surface area (Å²) in [5.74, 6) is 1.05. The first kappa shape index (κ1) is 15.7. The monoisotopic (exact) mass is 292 g/mol. The maximum Gasteiger partial charge on any atom is 0.328 e. The van der Waals surface area contributed by atoms with Crippen LogP contribution in [0, 0.1) is 0 Å². The number of hydrogen-bond donors (Lipinski definition) is 2. The summed E-state index contributed by atoms with van der Waals surface area (Å²) < 4.78 is 4.71. The predicted octanol–water partition coefficient (Wildman–Crippen LogP) is 0.448. The van der Waals surface area contributed by atoms with E-state index in [1.165, 1.54) is 7.11 Å². The number of esters is 1. The van der Waals surface area contributed by atoms with Gasteiger partial charge in [0.15, 0.2) is 0 Å². The van der Waals surface area contributed by atoms with Gasteiger partial charge >= 0.3 is 5.97 Å². The fourth-order valence-electron chi connectivity index (χ4n) is 1.67. The number of rotatable bonds is 6. The number of hydrogen-bond acceptors (Lipinski definition) is 6. The summed E-state index contributed by atoms with van der Waals surface area (Å²) in [6.07, 6.45) is 2.56. The van der Waals surface area contributed by atoms with Crippen molar-refractivity contribution in [2.75, 3.05) is 24.9 Å². The number of thioether (sulfide) groups is 2. The van der Waals surface area contributed by atoms with Crippen LogP contribution in [-0.4, -0.2) is 54.2 Å². The second kappa shape index (κ2) is 7.91. The molecule has 0 aromatic carbocycles. The van der Waals surface area contributed by atoms with E-state index in [-0.39, 0.29) is 23.3 Å². The molecule has 0 radical (unpaired) electrons. The van der Waals surface area contributed by atoms with Gasteiger partial charge in [0, 0.05) is 5.75 Å². The van der Waals surface area contributed by atoms with Gasteiger partial charge in [-0.05, 0) is 25.4 Å². The topological polar surface area (TPSA) is 67.4 Å². The van der Waals surface area contributed by atoms with Crippen LogP contribution in [0.25, 0.3) is 0 Å². The summed E-state index contributed by atoms with van der Waals surface area (Å²) in [5, 5.41) is 6.21. The highest BCUT2D eigenvalue weighted by Crippen LogP contribution is 2.18. The van der Waals surface area contributed by atoms with Crippen molar-refractivity contribution < 1.29 is 14.3 Å². The van der Waals surface area contributed by atoms with Crippen molar-refractivity contribution in [1.29, 1.82) is 0 Å². The molecule has 1 aliphatic heterocycles. The van der Waals surface area contributed by atoms with Gasteiger partial charge in [-0.3, -0.25) is 10.1 Å². The van der Waals surface area contributed by atoms with E-state index in [1.54, 1.807) is 23.5 Å². The molecule has 3 atom stereocenters. The molecular formula is C11H20N2O3S2. The molecule has 1 saturated heterocycles. The molecule has 0 saturated carbocycles. The summed E-state index contributed by atoms with van der Waals surface area (Å²) >= 11 is 3.34. The summed E-state index contributed by atoms with van der Waals surface area (Å²) in [4.78, 5) is 23.5. The van der Waals surface area contributed by atoms with Crippen molar-refractivity contribution >= 4 is 35.4 Å². The van der Waals surface area contributed by atoms with Gasteiger partial charge in [-0.15, -0.1) is 11.8 Å². The Bertz CT molecular complexity index is 302. The first-order chi connectivity index (χ1) is 8.58. The third kappa shape index (κ3) is 4.70. The standard InChI is InChI=1S/C11H20N2O3S2/c1-7-12-9(6-18-7)10(14)13-8(4-5-17-3)11(15)16-2/h7-9,12H,4-6H2,1-3H3,(H,13,14)/t7?,8-,9?/m0/s1. The first-order valence-corrected chi connectivity index (χ1v) is 8.27. The van der Waals surface area contributed by atoms with E-state index in [0.717, 1.165) is 11.5 Å². The van der Waals surface area contributed by atoms with Crippen LogP contribution in [0.1, 0.15) is 13.3 Å². The Morgan fingerprint density at radius 2 is 2.33 bits per heavy atom. The van der Waals surface area contributed by atoms with Crippen LogP contribution in [-0.2, 0) is 14.3 Å². The minimum atomic E-state index is -0.544. The van der Waals surface area contributed by atoms with Crippen LogP contribution in [0.5, 0.6) is 0 Å². The van der Waals surface area contributed by atoms with Gasteiger partial charge < -0.3 is 10.1 Å². The maximum atomic E-state index is 12.0. The van der Waals surface area contributed by atoms with E-state index in [0.29, 0.717) is 6.42 Å². The van der Waals surface area contributed by atoms with Crippen LogP contribution < -0.4 is 10.6 Å². The van der Waals surface area contributed by atoms with Crippen LogP contribution >= 0.6 is 23.5 Å². The van der Waals surface area contributed by atoms with Crippen molar-refractivity contribution in [3.8, 4) is 0 Å². The average Bonchev–Trinajstić information content (AvgIpc) is 2.80. The summed E-state index contributed by atoms with van der Waals surface area (Å²) in [7, 11) is 1.34. The Labute approximate surface area is 116 Å². The van der Waals surface area contributed by atoms with Gasteiger partial charge in [0.2, 0.25) is 5.91 Å². The maximum absolute atomic E-state index is 12.0. The molecular weight excluding hydrogens is 272 g/mol. The molecule has 104 valence electrons. The lowest BCUT2D eigenvalue weighted by Gasteiger charge is -2.18. The van der Waals surface area contributed by atoms with Gasteiger partial charge in [-0.25, -0.2) is 4.79 Å². The molecule has 0 aliphatic carbocycles. The lowest BCUT2D eigenvalue weighted by atomic mass is 10.2. The van der Waals surface area contributed by atoms with Crippen molar-refractivity contribution in [2.45, 2.75) is 30.8 Å². The van der Waals surface area contributed by atoms with Crippen molar-refractivity contribution in [2.24, 2.45) is 0 Å². The minimum Gasteiger partial charge on any atom is -0.467 e. The van der Waals surface area contributed by atoms with Crippen molar-refractivity contribution in [3.63, 3.8) is 0 Å². The van der Waals surface area contributed by atoms with E-state index in [4.69, 9.17) is 4.74 Å². The molecule has 0 aromatic heterocycles. The Kier molecular flexibility index (Phi) is 6.88. The highest BCUT2D eigenvalue weighted by atomic mass is 32.2. The molecule has 0 bridgehead atoms. The molecule has 1 amide bonds. The molecule has 2 unspecified atom stereocenters. The SMILES string of the molecule is COC(=O)[C@H](CCSC)NC(=O)C1CSC(C)N1. The Hall–Kier alpha value is -0.400. The van der Waals surface area contributed by atoms with Crippen molar-refractivity contribution in [3.05, 3.63) is 0 Å². The third-order valence-electron chi connectivity index (χ3n) is 2.68. The zero-order valence-electron chi connectivity index (χ0n) is 10.9. The lowest BCUT2D eigenvalue weighted by molar-refractivity contribution is -0.145. The van der Waals surface area contributed by atoms with Crippen LogP contribution in [0.2, 0.25) is 0 Å². The highest BCUT2D eigenvalue weighted by Gasteiger charge is 2.30. The smallest absolute Gasteiger partial charge is 0.328 e. The quantitative estimate of drug-likeness (QED) is 0.693. The number of amides is 1. The Balaban J connectivity index is 2.48. The first-order valence-electron chi connectivity index (χ1n) is 5.83. The number of carbonyl (C=O) groups excluding carboxylic acids is 2. The van der Waals surface area contributed by atoms with Crippen LogP contribution in [0.4, 0.5) is 0 Å². The number of carbonyl (C=O) groups is 2. The average molecular weight is 292 g/mol. The number of nitrogens with one attached hydrogen (secondary N) is 2. The van der Waals surface area contributed by atoms with Gasteiger partial charge in [-0.2, -0.15) is 11.8 Å². The van der Waals surface area contributed by atoms with Gasteiger partial charge in [0.05, 0.1) is 18.5 Å². The normalized spacial score (nSPS) is 24.6. The lowest BCUT2D eigenvalue weighted by Crippen LogP contribution is -2.50. The molecule has 2 N–H and O–H groups in total. The minimum absolute atomic E-state index is 0.122. The van der Waals surface area contributed by atoms with E-state index in [9.17, 15) is 9.59 Å². The molecule has 7 heteroatoms. The second-order valence-corrected chi connectivity index (χ2v) is 6.42. The largest absolute Gasteiger partial charge is 0.467 e.